The van der Waals surface area contributed by atoms with Gasteiger partial charge < -0.3 is 0 Å². The number of anilines is 1. The summed E-state index contributed by atoms with van der Waals surface area (Å²) in [4.78, 5) is 16.5. The van der Waals surface area contributed by atoms with Crippen LogP contribution < -0.4 is 10.9 Å². The van der Waals surface area contributed by atoms with E-state index in [0.717, 1.165) is 11.4 Å². The van der Waals surface area contributed by atoms with Crippen molar-refractivity contribution in [2.45, 2.75) is 6.92 Å². The van der Waals surface area contributed by atoms with Crippen LogP contribution in [0.25, 0.3) is 16.9 Å². The van der Waals surface area contributed by atoms with Crippen molar-refractivity contribution >= 4 is 23.0 Å². The molecule has 0 aliphatic rings. The fourth-order valence-electron chi connectivity index (χ4n) is 2.52. The number of hydrogen-bond donors (Lipinski definition) is 2. The molecule has 2 aromatic heterocycles. The van der Waals surface area contributed by atoms with Gasteiger partial charge in [0, 0.05) is 5.56 Å². The number of carbonyl (C=O) groups excluding carboxylic acids is 1. The zero-order valence-corrected chi connectivity index (χ0v) is 13.9. The number of aryl methyl sites for hydroxylation is 1. The van der Waals surface area contributed by atoms with Crippen molar-refractivity contribution in [1.82, 2.24) is 30.4 Å². The highest BCUT2D eigenvalue weighted by atomic mass is 16.2. The Balaban J connectivity index is 1.62. The van der Waals surface area contributed by atoms with E-state index in [0.29, 0.717) is 16.7 Å². The van der Waals surface area contributed by atoms with Crippen LogP contribution >= 0.6 is 0 Å². The molecule has 2 heterocycles. The van der Waals surface area contributed by atoms with Gasteiger partial charge in [0.2, 0.25) is 0 Å². The summed E-state index contributed by atoms with van der Waals surface area (Å²) < 4.78 is 1.70. The molecule has 0 aliphatic heterocycles. The molecule has 4 aromatic rings. The molecule has 4 rings (SSSR count). The largest absolute Gasteiger partial charge is 0.269 e. The first-order chi connectivity index (χ1) is 12.7. The van der Waals surface area contributed by atoms with Crippen molar-refractivity contribution in [2.75, 3.05) is 5.43 Å². The van der Waals surface area contributed by atoms with Crippen LogP contribution in [0.1, 0.15) is 16.1 Å². The Morgan fingerprint density at radius 2 is 1.65 bits per heavy atom. The van der Waals surface area contributed by atoms with Crippen LogP contribution in [0.3, 0.4) is 0 Å². The zero-order chi connectivity index (χ0) is 17.9. The molecule has 2 aromatic carbocycles. The Morgan fingerprint density at radius 1 is 0.962 bits per heavy atom. The van der Waals surface area contributed by atoms with Gasteiger partial charge in [0.15, 0.2) is 11.2 Å². The lowest BCUT2D eigenvalue weighted by molar-refractivity contribution is 0.0962. The highest BCUT2D eigenvalue weighted by molar-refractivity contribution is 5.94. The lowest BCUT2D eigenvalue weighted by Crippen LogP contribution is -2.30. The van der Waals surface area contributed by atoms with Crippen LogP contribution in [-0.2, 0) is 0 Å². The molecule has 0 saturated carbocycles. The SMILES string of the molecule is Cc1nn(-c2ccccc2)c2nc(NNC(=O)c3ccccc3)nnc12. The highest BCUT2D eigenvalue weighted by Crippen LogP contribution is 2.18. The second kappa shape index (κ2) is 6.60. The van der Waals surface area contributed by atoms with E-state index in [1.54, 1.807) is 28.9 Å². The third kappa shape index (κ3) is 2.95. The van der Waals surface area contributed by atoms with Gasteiger partial charge >= 0.3 is 0 Å². The van der Waals surface area contributed by atoms with Gasteiger partial charge in [0.05, 0.1) is 11.4 Å². The number of rotatable bonds is 4. The molecule has 26 heavy (non-hydrogen) atoms. The summed E-state index contributed by atoms with van der Waals surface area (Å²) in [6.07, 6.45) is 0. The van der Waals surface area contributed by atoms with Gasteiger partial charge in [-0.15, -0.1) is 10.2 Å². The number of benzene rings is 2. The van der Waals surface area contributed by atoms with Gasteiger partial charge in [-0.1, -0.05) is 36.4 Å². The number of hydrazine groups is 1. The van der Waals surface area contributed by atoms with Gasteiger partial charge in [-0.3, -0.25) is 15.6 Å². The zero-order valence-electron chi connectivity index (χ0n) is 13.9. The minimum absolute atomic E-state index is 0.180. The summed E-state index contributed by atoms with van der Waals surface area (Å²) in [6, 6.07) is 18.5. The predicted octanol–water partition coefficient (Wildman–Crippen LogP) is 2.28. The van der Waals surface area contributed by atoms with Gasteiger partial charge in [0.25, 0.3) is 11.9 Å². The molecular weight excluding hydrogens is 330 g/mol. The molecule has 8 heteroatoms. The Kier molecular flexibility index (Phi) is 3.98. The molecule has 8 nitrogen and oxygen atoms in total. The third-order valence-electron chi connectivity index (χ3n) is 3.79. The lowest BCUT2D eigenvalue weighted by atomic mass is 10.2. The number of aromatic nitrogens is 5. The lowest BCUT2D eigenvalue weighted by Gasteiger charge is -2.07. The number of fused-ring (bicyclic) bond motifs is 1. The van der Waals surface area contributed by atoms with Gasteiger partial charge in [-0.2, -0.15) is 10.1 Å². The fourth-order valence-corrected chi connectivity index (χ4v) is 2.52. The van der Waals surface area contributed by atoms with Gasteiger partial charge in [-0.25, -0.2) is 4.68 Å². The number of nitrogens with zero attached hydrogens (tertiary/aromatic N) is 5. The van der Waals surface area contributed by atoms with E-state index in [-0.39, 0.29) is 11.9 Å². The quantitative estimate of drug-likeness (QED) is 0.551. The van der Waals surface area contributed by atoms with E-state index >= 15 is 0 Å². The summed E-state index contributed by atoms with van der Waals surface area (Å²) in [6.45, 7) is 1.85. The van der Waals surface area contributed by atoms with E-state index in [4.69, 9.17) is 0 Å². The molecule has 0 aliphatic carbocycles. The average Bonchev–Trinajstić information content (AvgIpc) is 3.03. The van der Waals surface area contributed by atoms with Crippen LogP contribution in [0, 0.1) is 6.92 Å². The van der Waals surface area contributed by atoms with Crippen molar-refractivity contribution in [3.8, 4) is 5.69 Å². The first-order valence-electron chi connectivity index (χ1n) is 7.99. The maximum absolute atomic E-state index is 12.1. The second-order valence-corrected chi connectivity index (χ2v) is 5.59. The first kappa shape index (κ1) is 15.7. The van der Waals surface area contributed by atoms with E-state index in [2.05, 4.69) is 31.1 Å². The van der Waals surface area contributed by atoms with E-state index in [9.17, 15) is 4.79 Å². The molecule has 0 spiro atoms. The van der Waals surface area contributed by atoms with Crippen molar-refractivity contribution in [1.29, 1.82) is 0 Å². The van der Waals surface area contributed by atoms with Gasteiger partial charge in [-0.05, 0) is 31.2 Å². The normalized spacial score (nSPS) is 10.7. The molecule has 0 bridgehead atoms. The molecule has 128 valence electrons. The van der Waals surface area contributed by atoms with E-state index < -0.39 is 0 Å². The van der Waals surface area contributed by atoms with Crippen LogP contribution in [0.2, 0.25) is 0 Å². The minimum atomic E-state index is -0.290. The minimum Gasteiger partial charge on any atom is -0.267 e. The van der Waals surface area contributed by atoms with Crippen molar-refractivity contribution < 1.29 is 4.79 Å². The number of nitrogens with one attached hydrogen (secondary N) is 2. The standard InChI is InChI=1S/C18H15N7O/c1-12-15-16(25(24-12)14-10-6-3-7-11-14)19-18(22-20-15)23-21-17(26)13-8-4-2-5-9-13/h2-11H,1H3,(H,21,26)(H,19,22,23). The van der Waals surface area contributed by atoms with Crippen LogP contribution in [-0.4, -0.2) is 30.9 Å². The number of amides is 1. The van der Waals surface area contributed by atoms with Crippen molar-refractivity contribution in [3.05, 3.63) is 71.9 Å². The number of hydrogen-bond acceptors (Lipinski definition) is 6. The molecule has 0 atom stereocenters. The monoisotopic (exact) mass is 345 g/mol. The predicted molar refractivity (Wildman–Crippen MR) is 96.7 cm³/mol. The van der Waals surface area contributed by atoms with Crippen LogP contribution in [0.4, 0.5) is 5.95 Å². The topological polar surface area (TPSA) is 97.6 Å². The Morgan fingerprint density at radius 3 is 2.38 bits per heavy atom. The second-order valence-electron chi connectivity index (χ2n) is 5.59. The third-order valence-corrected chi connectivity index (χ3v) is 3.79. The maximum atomic E-state index is 12.1. The average molecular weight is 345 g/mol. The van der Waals surface area contributed by atoms with Crippen LogP contribution in [0.15, 0.2) is 60.7 Å². The first-order valence-corrected chi connectivity index (χ1v) is 7.99. The summed E-state index contributed by atoms with van der Waals surface area (Å²) >= 11 is 0. The molecule has 0 radical (unpaired) electrons. The molecule has 1 amide bonds. The van der Waals surface area contributed by atoms with Gasteiger partial charge in [0.1, 0.15) is 0 Å². The van der Waals surface area contributed by atoms with Crippen LogP contribution in [0.5, 0.6) is 0 Å². The Bertz CT molecular complexity index is 1060. The van der Waals surface area contributed by atoms with Crippen molar-refractivity contribution in [3.63, 3.8) is 0 Å². The summed E-state index contributed by atoms with van der Waals surface area (Å²) in [5, 5.41) is 12.6. The molecular formula is C18H15N7O. The van der Waals surface area contributed by atoms with E-state index in [1.807, 2.05) is 43.3 Å². The van der Waals surface area contributed by atoms with E-state index in [1.165, 1.54) is 0 Å². The molecule has 2 N–H and O–H groups in total. The number of para-hydroxylation sites is 1. The summed E-state index contributed by atoms with van der Waals surface area (Å²) in [5.74, 6) is -0.110. The Hall–Kier alpha value is -3.81. The summed E-state index contributed by atoms with van der Waals surface area (Å²) in [5.41, 5.74) is 8.54. The maximum Gasteiger partial charge on any atom is 0.269 e. The number of carbonyl (C=O) groups is 1. The molecule has 0 saturated heterocycles. The Labute approximate surface area is 148 Å². The molecule has 0 unspecified atom stereocenters. The fraction of sp³-hybridized carbons (Fsp3) is 0.0556. The van der Waals surface area contributed by atoms with Crippen molar-refractivity contribution in [2.24, 2.45) is 0 Å². The highest BCUT2D eigenvalue weighted by Gasteiger charge is 2.14. The summed E-state index contributed by atoms with van der Waals surface area (Å²) in [7, 11) is 0. The smallest absolute Gasteiger partial charge is 0.267 e. The molecule has 0 fully saturated rings.